The molecule has 0 aliphatic heterocycles. The molecule has 0 bridgehead atoms. The van der Waals surface area contributed by atoms with Gasteiger partial charge in [-0.1, -0.05) is 6.53 Å². The van der Waals surface area contributed by atoms with E-state index in [0.717, 1.165) is 0 Å². The molecular weight excluding hydrogens is 180 g/mol. The minimum atomic E-state index is -4.50. The fourth-order valence-corrected chi connectivity index (χ4v) is 0.261. The summed E-state index contributed by atoms with van der Waals surface area (Å²) in [5.74, 6) is -6.21. The van der Waals surface area contributed by atoms with Crippen molar-refractivity contribution in [3.05, 3.63) is 12.6 Å². The summed E-state index contributed by atoms with van der Waals surface area (Å²) in [7, 11) is 0. The first-order chi connectivity index (χ1) is 6.68. The van der Waals surface area contributed by atoms with Crippen LogP contribution in [0.4, 0.5) is 17.6 Å². The van der Waals surface area contributed by atoms with E-state index < -0.39 is 37.5 Å². The standard InChI is InChI=1S/C6H6F4O2/c1-2-4(11)12-3-6(9,10)5(7)8/h2,5H,1,3H2/i1D2,2D. The molecule has 0 spiro atoms. The lowest BCUT2D eigenvalue weighted by Crippen LogP contribution is -2.33. The van der Waals surface area contributed by atoms with Gasteiger partial charge in [0.05, 0.1) is 4.11 Å². The van der Waals surface area contributed by atoms with E-state index in [0.29, 0.717) is 0 Å². The van der Waals surface area contributed by atoms with Gasteiger partial charge in [0.2, 0.25) is 0 Å². The lowest BCUT2D eigenvalue weighted by Gasteiger charge is -2.13. The zero-order valence-corrected chi connectivity index (χ0v) is 5.61. The van der Waals surface area contributed by atoms with Crippen LogP contribution in [-0.2, 0) is 9.53 Å². The van der Waals surface area contributed by atoms with Gasteiger partial charge >= 0.3 is 18.3 Å². The van der Waals surface area contributed by atoms with E-state index in [2.05, 4.69) is 4.74 Å². The van der Waals surface area contributed by atoms with Crippen molar-refractivity contribution in [2.45, 2.75) is 12.3 Å². The number of carbonyl (C=O) groups excluding carboxylic acids is 1. The number of carbonyl (C=O) groups is 1. The second-order valence-electron chi connectivity index (χ2n) is 1.76. The maximum absolute atomic E-state index is 12.2. The third-order valence-corrected chi connectivity index (χ3v) is 0.817. The minimum absolute atomic E-state index is 1.25. The quantitative estimate of drug-likeness (QED) is 0.381. The molecule has 6 heteroatoms. The molecule has 0 radical (unpaired) electrons. The van der Waals surface area contributed by atoms with E-state index in [1.165, 1.54) is 0 Å². The summed E-state index contributed by atoms with van der Waals surface area (Å²) >= 11 is 0. The molecule has 0 saturated carbocycles. The van der Waals surface area contributed by atoms with E-state index in [1.807, 2.05) is 0 Å². The van der Waals surface area contributed by atoms with Gasteiger partial charge in [-0.2, -0.15) is 8.78 Å². The lowest BCUT2D eigenvalue weighted by atomic mass is 10.4. The average Bonchev–Trinajstić information content (AvgIpc) is 2.12. The number of esters is 1. The van der Waals surface area contributed by atoms with Gasteiger partial charge in [-0.05, 0) is 0 Å². The van der Waals surface area contributed by atoms with Gasteiger partial charge in [-0.15, -0.1) is 0 Å². The fourth-order valence-electron chi connectivity index (χ4n) is 0.261. The number of hydrogen-bond acceptors (Lipinski definition) is 2. The van der Waals surface area contributed by atoms with Crippen LogP contribution < -0.4 is 0 Å². The Balaban J connectivity index is 4.31. The highest BCUT2D eigenvalue weighted by Crippen LogP contribution is 2.22. The molecule has 70 valence electrons. The summed E-state index contributed by atoms with van der Waals surface area (Å²) in [6, 6.07) is -1.28. The predicted molar refractivity (Wildman–Crippen MR) is 32.1 cm³/mol. The molecule has 0 saturated heterocycles. The van der Waals surface area contributed by atoms with Crippen LogP contribution in [0.1, 0.15) is 4.11 Å². The molecule has 2 nitrogen and oxygen atoms in total. The van der Waals surface area contributed by atoms with Gasteiger partial charge in [-0.25, -0.2) is 13.6 Å². The zero-order chi connectivity index (χ0) is 12.2. The summed E-state index contributed by atoms with van der Waals surface area (Å²) in [6.45, 7) is -3.14. The van der Waals surface area contributed by atoms with Crippen molar-refractivity contribution in [1.29, 1.82) is 0 Å². The number of rotatable bonds is 4. The van der Waals surface area contributed by atoms with E-state index in [4.69, 9.17) is 4.11 Å². The van der Waals surface area contributed by atoms with Crippen molar-refractivity contribution in [3.63, 3.8) is 0 Å². The molecule has 0 aromatic carbocycles. The Morgan fingerprint density at radius 1 is 1.83 bits per heavy atom. The first kappa shape index (κ1) is 6.45. The maximum atomic E-state index is 12.2. The number of halogens is 4. The Hall–Kier alpha value is -1.07. The van der Waals surface area contributed by atoms with E-state index in [1.54, 1.807) is 0 Å². The van der Waals surface area contributed by atoms with Crippen molar-refractivity contribution in [3.8, 4) is 0 Å². The Kier molecular flexibility index (Phi) is 2.19. The monoisotopic (exact) mass is 189 g/mol. The Labute approximate surface area is 70.0 Å². The molecule has 0 rings (SSSR count). The van der Waals surface area contributed by atoms with Gasteiger partial charge in [0.1, 0.15) is 0 Å². The molecule has 0 aliphatic rings. The molecule has 0 amide bonds. The molecule has 0 N–H and O–H groups in total. The molecular formula is C6H6F4O2. The van der Waals surface area contributed by atoms with Crippen LogP contribution in [0, 0.1) is 0 Å². The minimum Gasteiger partial charge on any atom is -0.456 e. The van der Waals surface area contributed by atoms with Gasteiger partial charge in [0.25, 0.3) is 0 Å². The molecule has 0 aliphatic carbocycles. The summed E-state index contributed by atoms with van der Waals surface area (Å²) in [4.78, 5) is 10.6. The van der Waals surface area contributed by atoms with Gasteiger partial charge in [0, 0.05) is 6.05 Å². The van der Waals surface area contributed by atoms with Crippen LogP contribution in [0.3, 0.4) is 0 Å². The second kappa shape index (κ2) is 4.08. The van der Waals surface area contributed by atoms with Crippen LogP contribution in [0.2, 0.25) is 0 Å². The second-order valence-corrected chi connectivity index (χ2v) is 1.76. The van der Waals surface area contributed by atoms with Gasteiger partial charge in [-0.3, -0.25) is 0 Å². The summed E-state index contributed by atoms with van der Waals surface area (Å²) in [5.41, 5.74) is 0. The smallest absolute Gasteiger partial charge is 0.340 e. The molecule has 12 heavy (non-hydrogen) atoms. The normalized spacial score (nSPS) is 14.6. The Morgan fingerprint density at radius 3 is 2.83 bits per heavy atom. The van der Waals surface area contributed by atoms with Crippen LogP contribution >= 0.6 is 0 Å². The summed E-state index contributed by atoms with van der Waals surface area (Å²) in [5, 5.41) is 0. The van der Waals surface area contributed by atoms with Gasteiger partial charge in [0.15, 0.2) is 6.61 Å². The number of ether oxygens (including phenoxy) is 1. The van der Waals surface area contributed by atoms with Crippen LogP contribution in [0.15, 0.2) is 12.6 Å². The zero-order valence-electron chi connectivity index (χ0n) is 8.61. The highest BCUT2D eigenvalue weighted by Gasteiger charge is 2.42. The first-order valence-electron chi connectivity index (χ1n) is 4.15. The maximum Gasteiger partial charge on any atom is 0.340 e. The van der Waals surface area contributed by atoms with Crippen LogP contribution in [0.5, 0.6) is 0 Å². The number of hydrogen-bond donors (Lipinski definition) is 0. The first-order valence-corrected chi connectivity index (χ1v) is 2.65. The molecule has 0 aromatic heterocycles. The lowest BCUT2D eigenvalue weighted by molar-refractivity contribution is -0.175. The van der Waals surface area contributed by atoms with E-state index >= 15 is 0 Å². The third-order valence-electron chi connectivity index (χ3n) is 0.817. The van der Waals surface area contributed by atoms with Crippen molar-refractivity contribution in [1.82, 2.24) is 0 Å². The Bertz CT molecular complexity index is 276. The topological polar surface area (TPSA) is 26.3 Å². The van der Waals surface area contributed by atoms with Crippen molar-refractivity contribution < 1.29 is 31.2 Å². The van der Waals surface area contributed by atoms with Crippen LogP contribution in [0.25, 0.3) is 0 Å². The average molecular weight is 189 g/mol. The summed E-state index contributed by atoms with van der Waals surface area (Å²) < 4.78 is 70.6. The Morgan fingerprint density at radius 2 is 2.42 bits per heavy atom. The SMILES string of the molecule is [2H]C([2H])=C([2H])C(=O)OCC(F)(F)C(F)F. The highest BCUT2D eigenvalue weighted by atomic mass is 19.3. The van der Waals surface area contributed by atoms with E-state index in [9.17, 15) is 22.4 Å². The molecule has 0 atom stereocenters. The van der Waals surface area contributed by atoms with Crippen molar-refractivity contribution in [2.75, 3.05) is 6.61 Å². The van der Waals surface area contributed by atoms with Crippen molar-refractivity contribution >= 4 is 5.97 Å². The molecule has 0 heterocycles. The van der Waals surface area contributed by atoms with Gasteiger partial charge < -0.3 is 4.74 Å². The summed E-state index contributed by atoms with van der Waals surface area (Å²) in [6.07, 6.45) is -3.99. The molecule has 0 unspecified atom stereocenters. The van der Waals surface area contributed by atoms with E-state index in [-0.39, 0.29) is 0 Å². The number of alkyl halides is 4. The predicted octanol–water partition coefficient (Wildman–Crippen LogP) is 1.62. The molecule has 0 aromatic rings. The largest absolute Gasteiger partial charge is 0.456 e. The highest BCUT2D eigenvalue weighted by molar-refractivity contribution is 5.81. The fraction of sp³-hybridized carbons (Fsp3) is 0.500. The molecule has 0 fully saturated rings. The van der Waals surface area contributed by atoms with Crippen molar-refractivity contribution in [2.24, 2.45) is 0 Å². The van der Waals surface area contributed by atoms with Crippen LogP contribution in [-0.4, -0.2) is 24.9 Å². The third kappa shape index (κ3) is 3.36.